The quantitative estimate of drug-likeness (QED) is 0.917. The molecule has 0 radical (unpaired) electrons. The number of alkyl halides is 2. The van der Waals surface area contributed by atoms with Gasteiger partial charge >= 0.3 is 5.97 Å². The van der Waals surface area contributed by atoms with Gasteiger partial charge in [-0.05, 0) is 19.1 Å². The molecule has 0 aliphatic carbocycles. The van der Waals surface area contributed by atoms with Crippen molar-refractivity contribution in [2.24, 2.45) is 0 Å². The molecule has 0 saturated heterocycles. The Kier molecular flexibility index (Phi) is 4.42. The molecule has 1 aromatic carbocycles. The Bertz CT molecular complexity index is 662. The van der Waals surface area contributed by atoms with Gasteiger partial charge in [0.15, 0.2) is 5.82 Å². The zero-order valence-corrected chi connectivity index (χ0v) is 11.1. The van der Waals surface area contributed by atoms with Crippen molar-refractivity contribution in [3.05, 3.63) is 41.7 Å². The molecule has 0 spiro atoms. The van der Waals surface area contributed by atoms with E-state index in [1.165, 1.54) is 0 Å². The number of halogens is 2. The molecule has 1 heterocycles. The van der Waals surface area contributed by atoms with E-state index in [4.69, 9.17) is 9.84 Å². The van der Waals surface area contributed by atoms with Crippen LogP contribution in [0.25, 0.3) is 11.4 Å². The number of hydrogen-bond acceptors (Lipinski definition) is 4. The van der Waals surface area contributed by atoms with Gasteiger partial charge in [0.25, 0.3) is 6.43 Å². The molecule has 0 fully saturated rings. The maximum absolute atomic E-state index is 12.9. The monoisotopic (exact) mass is 294 g/mol. The highest BCUT2D eigenvalue weighted by atomic mass is 19.3. The number of ether oxygens (including phenoxy) is 1. The van der Waals surface area contributed by atoms with Gasteiger partial charge in [-0.15, -0.1) is 0 Å². The van der Waals surface area contributed by atoms with Crippen molar-refractivity contribution in [2.75, 3.05) is 6.61 Å². The molecule has 0 aliphatic heterocycles. The summed E-state index contributed by atoms with van der Waals surface area (Å²) in [6.45, 7) is 2.28. The summed E-state index contributed by atoms with van der Waals surface area (Å²) >= 11 is 0. The number of aromatic nitrogens is 2. The molecular formula is C14H12F2N2O3. The van der Waals surface area contributed by atoms with Gasteiger partial charge in [-0.3, -0.25) is 0 Å². The van der Waals surface area contributed by atoms with Crippen LogP contribution < -0.4 is 4.74 Å². The van der Waals surface area contributed by atoms with Crippen molar-refractivity contribution in [3.8, 4) is 17.1 Å². The lowest BCUT2D eigenvalue weighted by Crippen LogP contribution is -2.08. The summed E-state index contributed by atoms with van der Waals surface area (Å²) in [7, 11) is 0. The molecule has 0 bridgehead atoms. The zero-order chi connectivity index (χ0) is 15.4. The van der Waals surface area contributed by atoms with E-state index in [0.29, 0.717) is 17.9 Å². The third-order valence-electron chi connectivity index (χ3n) is 2.66. The van der Waals surface area contributed by atoms with Gasteiger partial charge < -0.3 is 9.84 Å². The van der Waals surface area contributed by atoms with Crippen LogP contribution in [0.4, 0.5) is 8.78 Å². The molecule has 2 aromatic rings. The number of aromatic carboxylic acids is 1. The molecule has 7 heteroatoms. The Labute approximate surface area is 119 Å². The third-order valence-corrected chi connectivity index (χ3v) is 2.66. The van der Waals surface area contributed by atoms with Crippen LogP contribution in [0.3, 0.4) is 0 Å². The number of carboxylic acid groups (broad SMARTS) is 1. The van der Waals surface area contributed by atoms with E-state index >= 15 is 0 Å². The highest BCUT2D eigenvalue weighted by molar-refractivity contribution is 5.88. The van der Waals surface area contributed by atoms with E-state index in [1.807, 2.05) is 6.92 Å². The average molecular weight is 294 g/mol. The van der Waals surface area contributed by atoms with Crippen LogP contribution in [-0.2, 0) is 0 Å². The van der Waals surface area contributed by atoms with Crippen LogP contribution in [0.5, 0.6) is 5.75 Å². The second-order valence-electron chi connectivity index (χ2n) is 4.06. The van der Waals surface area contributed by atoms with Gasteiger partial charge in [-0.2, -0.15) is 0 Å². The fraction of sp³-hybridized carbons (Fsp3) is 0.214. The first kappa shape index (κ1) is 14.8. The molecule has 0 atom stereocenters. The first-order chi connectivity index (χ1) is 10.0. The molecule has 110 valence electrons. The van der Waals surface area contributed by atoms with Crippen molar-refractivity contribution in [2.45, 2.75) is 13.3 Å². The zero-order valence-electron chi connectivity index (χ0n) is 11.1. The molecule has 0 aliphatic rings. The second-order valence-corrected chi connectivity index (χ2v) is 4.06. The SMILES string of the molecule is CCOc1cccc(-c2ncc(C(=O)O)c(C(F)F)n2)c1. The number of carbonyl (C=O) groups is 1. The molecule has 0 unspecified atom stereocenters. The third kappa shape index (κ3) is 3.31. The number of rotatable bonds is 5. The Morgan fingerprint density at radius 3 is 2.81 bits per heavy atom. The van der Waals surface area contributed by atoms with Gasteiger partial charge in [0, 0.05) is 11.8 Å². The Hall–Kier alpha value is -2.57. The first-order valence-corrected chi connectivity index (χ1v) is 6.14. The molecule has 0 saturated carbocycles. The Morgan fingerprint density at radius 2 is 2.19 bits per heavy atom. The average Bonchev–Trinajstić information content (AvgIpc) is 2.47. The molecule has 5 nitrogen and oxygen atoms in total. The van der Waals surface area contributed by atoms with Crippen LogP contribution in [0.1, 0.15) is 29.4 Å². The lowest BCUT2D eigenvalue weighted by molar-refractivity contribution is 0.0681. The van der Waals surface area contributed by atoms with Crippen molar-refractivity contribution in [1.82, 2.24) is 9.97 Å². The predicted octanol–water partition coefficient (Wildman–Crippen LogP) is 3.18. The molecule has 1 N–H and O–H groups in total. The second kappa shape index (κ2) is 6.25. The molecule has 21 heavy (non-hydrogen) atoms. The molecule has 0 amide bonds. The van der Waals surface area contributed by atoms with Crippen LogP contribution >= 0.6 is 0 Å². The van der Waals surface area contributed by atoms with E-state index in [1.54, 1.807) is 24.3 Å². The standard InChI is InChI=1S/C14H12F2N2O3/c1-2-21-9-5-3-4-8(6-9)13-17-7-10(14(19)20)11(18-13)12(15)16/h3-7,12H,2H2,1H3,(H,19,20). The number of benzene rings is 1. The summed E-state index contributed by atoms with van der Waals surface area (Å²) in [6.07, 6.45) is -2.10. The van der Waals surface area contributed by atoms with Gasteiger partial charge in [-0.25, -0.2) is 23.5 Å². The van der Waals surface area contributed by atoms with Crippen LogP contribution in [0.2, 0.25) is 0 Å². The lowest BCUT2D eigenvalue weighted by Gasteiger charge is -2.08. The van der Waals surface area contributed by atoms with Crippen LogP contribution in [0.15, 0.2) is 30.5 Å². The summed E-state index contributed by atoms with van der Waals surface area (Å²) in [6, 6.07) is 6.63. The van der Waals surface area contributed by atoms with Crippen molar-refractivity contribution >= 4 is 5.97 Å². The first-order valence-electron chi connectivity index (χ1n) is 6.14. The van der Waals surface area contributed by atoms with E-state index < -0.39 is 23.7 Å². The topological polar surface area (TPSA) is 72.3 Å². The highest BCUT2D eigenvalue weighted by Crippen LogP contribution is 2.25. The summed E-state index contributed by atoms with van der Waals surface area (Å²) in [5.41, 5.74) is -0.927. The number of hydrogen-bond donors (Lipinski definition) is 1. The number of nitrogens with zero attached hydrogens (tertiary/aromatic N) is 2. The minimum absolute atomic E-state index is 0.0249. The van der Waals surface area contributed by atoms with Gasteiger partial charge in [0.05, 0.1) is 6.61 Å². The number of carboxylic acids is 1. The smallest absolute Gasteiger partial charge is 0.339 e. The molecular weight excluding hydrogens is 282 g/mol. The fourth-order valence-electron chi connectivity index (χ4n) is 1.76. The van der Waals surface area contributed by atoms with Crippen molar-refractivity contribution in [1.29, 1.82) is 0 Å². The Morgan fingerprint density at radius 1 is 1.43 bits per heavy atom. The summed E-state index contributed by atoms with van der Waals surface area (Å²) < 4.78 is 31.1. The highest BCUT2D eigenvalue weighted by Gasteiger charge is 2.21. The van der Waals surface area contributed by atoms with Crippen LogP contribution in [-0.4, -0.2) is 27.7 Å². The maximum atomic E-state index is 12.9. The predicted molar refractivity (Wildman–Crippen MR) is 70.6 cm³/mol. The largest absolute Gasteiger partial charge is 0.494 e. The minimum Gasteiger partial charge on any atom is -0.494 e. The molecule has 1 aromatic heterocycles. The van der Waals surface area contributed by atoms with Gasteiger partial charge in [0.2, 0.25) is 0 Å². The van der Waals surface area contributed by atoms with E-state index in [2.05, 4.69) is 9.97 Å². The van der Waals surface area contributed by atoms with E-state index in [9.17, 15) is 13.6 Å². The van der Waals surface area contributed by atoms with Gasteiger partial charge in [-0.1, -0.05) is 12.1 Å². The molecule has 2 rings (SSSR count). The van der Waals surface area contributed by atoms with Gasteiger partial charge in [0.1, 0.15) is 17.0 Å². The van der Waals surface area contributed by atoms with E-state index in [-0.39, 0.29) is 5.82 Å². The maximum Gasteiger partial charge on any atom is 0.339 e. The Balaban J connectivity index is 2.47. The fourth-order valence-corrected chi connectivity index (χ4v) is 1.76. The van der Waals surface area contributed by atoms with Crippen LogP contribution in [0, 0.1) is 0 Å². The summed E-state index contributed by atoms with van der Waals surface area (Å²) in [4.78, 5) is 18.4. The normalized spacial score (nSPS) is 10.7. The van der Waals surface area contributed by atoms with Crippen molar-refractivity contribution < 1.29 is 23.4 Å². The van der Waals surface area contributed by atoms with E-state index in [0.717, 1.165) is 6.20 Å². The summed E-state index contributed by atoms with van der Waals surface area (Å²) in [5.74, 6) is -0.906. The van der Waals surface area contributed by atoms with Crippen molar-refractivity contribution in [3.63, 3.8) is 0 Å². The summed E-state index contributed by atoms with van der Waals surface area (Å²) in [5, 5.41) is 8.86. The lowest BCUT2D eigenvalue weighted by atomic mass is 10.1. The minimum atomic E-state index is -2.99.